The maximum Gasteiger partial charge on any atom is 0.131 e. The second-order valence-corrected chi connectivity index (χ2v) is 8.13. The van der Waals surface area contributed by atoms with E-state index in [-0.39, 0.29) is 0 Å². The number of aryl methyl sites for hydroxylation is 2. The van der Waals surface area contributed by atoms with Crippen molar-refractivity contribution < 1.29 is 0 Å². The van der Waals surface area contributed by atoms with Crippen LogP contribution in [0.1, 0.15) is 83.6 Å². The molecule has 156 valence electrons. The van der Waals surface area contributed by atoms with Crippen LogP contribution in [0.4, 0.5) is 0 Å². The Balaban J connectivity index is 1.61. The summed E-state index contributed by atoms with van der Waals surface area (Å²) in [5.41, 5.74) is 4.21. The molecule has 0 saturated carbocycles. The summed E-state index contributed by atoms with van der Waals surface area (Å²) in [5, 5.41) is 10.0. The van der Waals surface area contributed by atoms with Crippen molar-refractivity contribution in [3.05, 3.63) is 42.1 Å². The smallest absolute Gasteiger partial charge is 0.131 e. The fraction of sp³-hybridized carbons (Fsp3) is 0.560. The molecular formula is C25H36N4. The summed E-state index contributed by atoms with van der Waals surface area (Å²) in [4.78, 5) is 4.94. The van der Waals surface area contributed by atoms with Crippen molar-refractivity contribution in [2.75, 3.05) is 0 Å². The SMILES string of the molecule is CCCCCCCCCCn1cc(-c2nc3ccccc3cc2CCCC)nn1. The molecule has 0 aliphatic carbocycles. The molecule has 3 rings (SSSR count). The van der Waals surface area contributed by atoms with Gasteiger partial charge in [0.2, 0.25) is 0 Å². The summed E-state index contributed by atoms with van der Waals surface area (Å²) in [6, 6.07) is 10.6. The summed E-state index contributed by atoms with van der Waals surface area (Å²) < 4.78 is 1.99. The molecule has 0 bridgehead atoms. The lowest BCUT2D eigenvalue weighted by Crippen LogP contribution is -1.98. The zero-order valence-electron chi connectivity index (χ0n) is 18.2. The van der Waals surface area contributed by atoms with Crippen molar-refractivity contribution in [3.8, 4) is 11.4 Å². The fourth-order valence-electron chi connectivity index (χ4n) is 3.86. The zero-order valence-corrected chi connectivity index (χ0v) is 18.2. The first-order valence-electron chi connectivity index (χ1n) is 11.6. The molecule has 4 heteroatoms. The number of para-hydroxylation sites is 1. The summed E-state index contributed by atoms with van der Waals surface area (Å²) in [6.45, 7) is 5.45. The Morgan fingerprint density at radius 1 is 0.828 bits per heavy atom. The molecule has 0 aliphatic heterocycles. The zero-order chi connectivity index (χ0) is 20.3. The third-order valence-corrected chi connectivity index (χ3v) is 5.62. The highest BCUT2D eigenvalue weighted by Crippen LogP contribution is 2.25. The number of hydrogen-bond acceptors (Lipinski definition) is 3. The Labute approximate surface area is 175 Å². The number of rotatable bonds is 13. The Morgan fingerprint density at radius 2 is 1.55 bits per heavy atom. The fourth-order valence-corrected chi connectivity index (χ4v) is 3.86. The van der Waals surface area contributed by atoms with E-state index in [1.54, 1.807) is 0 Å². The Kier molecular flexibility index (Phi) is 8.66. The Bertz CT molecular complexity index is 868. The van der Waals surface area contributed by atoms with Crippen LogP contribution in [-0.4, -0.2) is 20.0 Å². The van der Waals surface area contributed by atoms with E-state index in [0.717, 1.165) is 29.9 Å². The van der Waals surface area contributed by atoms with Crippen LogP contribution in [-0.2, 0) is 13.0 Å². The minimum Gasteiger partial charge on any atom is -0.252 e. The second-order valence-electron chi connectivity index (χ2n) is 8.13. The Hall–Kier alpha value is -2.23. The standard InChI is InChI=1S/C25H36N4/c1-3-5-7-8-9-10-11-14-18-29-20-24(27-28-29)25-22(15-6-4-2)19-21-16-12-13-17-23(21)26-25/h12-13,16-17,19-20H,3-11,14-15,18H2,1-2H3. The van der Waals surface area contributed by atoms with Gasteiger partial charge in [-0.3, -0.25) is 4.68 Å². The van der Waals surface area contributed by atoms with Gasteiger partial charge in [-0.05, 0) is 37.0 Å². The van der Waals surface area contributed by atoms with E-state index in [2.05, 4.69) is 54.6 Å². The van der Waals surface area contributed by atoms with Crippen molar-refractivity contribution in [3.63, 3.8) is 0 Å². The quantitative estimate of drug-likeness (QED) is 0.295. The summed E-state index contributed by atoms with van der Waals surface area (Å²) >= 11 is 0. The van der Waals surface area contributed by atoms with E-state index in [9.17, 15) is 0 Å². The monoisotopic (exact) mass is 392 g/mol. The number of aromatic nitrogens is 4. The lowest BCUT2D eigenvalue weighted by molar-refractivity contribution is 0.511. The summed E-state index contributed by atoms with van der Waals surface area (Å²) in [7, 11) is 0. The van der Waals surface area contributed by atoms with Crippen LogP contribution in [0.25, 0.3) is 22.3 Å². The first-order valence-corrected chi connectivity index (χ1v) is 11.6. The highest BCUT2D eigenvalue weighted by molar-refractivity contribution is 5.82. The van der Waals surface area contributed by atoms with Gasteiger partial charge >= 0.3 is 0 Å². The van der Waals surface area contributed by atoms with Gasteiger partial charge in [0.15, 0.2) is 0 Å². The lowest BCUT2D eigenvalue weighted by atomic mass is 10.0. The van der Waals surface area contributed by atoms with Crippen LogP contribution >= 0.6 is 0 Å². The molecule has 0 unspecified atom stereocenters. The first kappa shape index (κ1) is 21.5. The highest BCUT2D eigenvalue weighted by Gasteiger charge is 2.12. The number of fused-ring (bicyclic) bond motifs is 1. The number of hydrogen-bond donors (Lipinski definition) is 0. The van der Waals surface area contributed by atoms with Gasteiger partial charge in [-0.25, -0.2) is 4.98 Å². The molecule has 2 heterocycles. The van der Waals surface area contributed by atoms with Gasteiger partial charge in [0.25, 0.3) is 0 Å². The van der Waals surface area contributed by atoms with Crippen molar-refractivity contribution in [1.29, 1.82) is 0 Å². The molecule has 0 radical (unpaired) electrons. The maximum atomic E-state index is 4.94. The third-order valence-electron chi connectivity index (χ3n) is 5.62. The van der Waals surface area contributed by atoms with Crippen molar-refractivity contribution in [1.82, 2.24) is 20.0 Å². The third kappa shape index (κ3) is 6.38. The van der Waals surface area contributed by atoms with Gasteiger partial charge < -0.3 is 0 Å². The maximum absolute atomic E-state index is 4.94. The molecule has 29 heavy (non-hydrogen) atoms. The molecule has 4 nitrogen and oxygen atoms in total. The number of unbranched alkanes of at least 4 members (excludes halogenated alkanes) is 8. The van der Waals surface area contributed by atoms with Gasteiger partial charge in [0.1, 0.15) is 5.69 Å². The normalized spacial score (nSPS) is 11.4. The second kappa shape index (κ2) is 11.7. The van der Waals surface area contributed by atoms with E-state index < -0.39 is 0 Å². The van der Waals surface area contributed by atoms with E-state index >= 15 is 0 Å². The molecule has 0 N–H and O–H groups in total. The first-order chi connectivity index (χ1) is 14.3. The molecular weight excluding hydrogens is 356 g/mol. The summed E-state index contributed by atoms with van der Waals surface area (Å²) in [6.07, 6.45) is 16.1. The molecule has 2 aromatic heterocycles. The Morgan fingerprint density at radius 3 is 2.34 bits per heavy atom. The average molecular weight is 393 g/mol. The number of benzene rings is 1. The lowest BCUT2D eigenvalue weighted by Gasteiger charge is -2.08. The van der Waals surface area contributed by atoms with E-state index in [0.29, 0.717) is 0 Å². The summed E-state index contributed by atoms with van der Waals surface area (Å²) in [5.74, 6) is 0. The molecule has 0 saturated heterocycles. The molecule has 0 amide bonds. The largest absolute Gasteiger partial charge is 0.252 e. The molecule has 0 aliphatic rings. The van der Waals surface area contributed by atoms with Crippen LogP contribution in [0.2, 0.25) is 0 Å². The van der Waals surface area contributed by atoms with Crippen LogP contribution in [0.15, 0.2) is 36.5 Å². The van der Waals surface area contributed by atoms with E-state index in [1.165, 1.54) is 75.2 Å². The van der Waals surface area contributed by atoms with Gasteiger partial charge in [0.05, 0.1) is 17.4 Å². The average Bonchev–Trinajstić information content (AvgIpc) is 3.22. The topological polar surface area (TPSA) is 43.6 Å². The van der Waals surface area contributed by atoms with Crippen LogP contribution in [0.5, 0.6) is 0 Å². The van der Waals surface area contributed by atoms with Crippen LogP contribution in [0.3, 0.4) is 0 Å². The van der Waals surface area contributed by atoms with Gasteiger partial charge in [-0.15, -0.1) is 5.10 Å². The van der Waals surface area contributed by atoms with Crippen LogP contribution in [0, 0.1) is 0 Å². The van der Waals surface area contributed by atoms with Gasteiger partial charge in [-0.1, -0.05) is 88.6 Å². The van der Waals surface area contributed by atoms with E-state index in [4.69, 9.17) is 4.98 Å². The number of pyridine rings is 1. The van der Waals surface area contributed by atoms with Crippen molar-refractivity contribution in [2.45, 2.75) is 91.0 Å². The van der Waals surface area contributed by atoms with Gasteiger partial charge in [0, 0.05) is 11.9 Å². The predicted octanol–water partition coefficient (Wildman–Crippen LogP) is 6.98. The molecule has 3 aromatic rings. The van der Waals surface area contributed by atoms with Crippen molar-refractivity contribution in [2.24, 2.45) is 0 Å². The minimum absolute atomic E-state index is 0.904. The van der Waals surface area contributed by atoms with E-state index in [1.807, 2.05) is 10.7 Å². The van der Waals surface area contributed by atoms with Gasteiger partial charge in [-0.2, -0.15) is 0 Å². The molecule has 1 aromatic carbocycles. The minimum atomic E-state index is 0.904. The van der Waals surface area contributed by atoms with Crippen molar-refractivity contribution >= 4 is 10.9 Å². The molecule has 0 atom stereocenters. The highest BCUT2D eigenvalue weighted by atomic mass is 15.4. The molecule has 0 spiro atoms. The number of nitrogens with zero attached hydrogens (tertiary/aromatic N) is 4. The van der Waals surface area contributed by atoms with Crippen LogP contribution < -0.4 is 0 Å². The molecule has 0 fully saturated rings. The predicted molar refractivity (Wildman–Crippen MR) is 122 cm³/mol.